The molecule has 8 heteroatoms. The third-order valence-electron chi connectivity index (χ3n) is 11.8. The molecule has 63 heavy (non-hydrogen) atoms. The highest BCUT2D eigenvalue weighted by Crippen LogP contribution is 2.42. The largest absolute Gasteiger partial charge is 0.456 e. The molecule has 0 amide bonds. The third-order valence-corrected chi connectivity index (χ3v) is 11.8. The third kappa shape index (κ3) is 5.80. The van der Waals surface area contributed by atoms with Crippen molar-refractivity contribution in [2.24, 2.45) is 0 Å². The second-order valence-corrected chi connectivity index (χ2v) is 15.6. The van der Waals surface area contributed by atoms with E-state index in [-0.39, 0.29) is 0 Å². The number of para-hydroxylation sites is 1. The lowest BCUT2D eigenvalue weighted by molar-refractivity contribution is 0.653. The first-order chi connectivity index (χ1) is 31.2. The lowest BCUT2D eigenvalue weighted by Crippen LogP contribution is -2.00. The summed E-state index contributed by atoms with van der Waals surface area (Å²) in [6.45, 7) is 0. The number of rotatable bonds is 6. The molecule has 0 saturated carbocycles. The SMILES string of the molecule is c1ccc(-c2nc(-c3ccc4c(c3)oc3ccccc34)nc(-c3cccc4oc5ccc(-c6ccc7oc8nc(-c9ccccc9)nc(-c9ccccc9)c8c7c6)cc5c34)n2)cc1. The Morgan fingerprint density at radius 2 is 0.794 bits per heavy atom. The van der Waals surface area contributed by atoms with Crippen molar-refractivity contribution in [1.82, 2.24) is 24.9 Å². The number of fused-ring (bicyclic) bond motifs is 9. The summed E-state index contributed by atoms with van der Waals surface area (Å²) >= 11 is 0. The van der Waals surface area contributed by atoms with Gasteiger partial charge in [0.2, 0.25) is 5.71 Å². The van der Waals surface area contributed by atoms with E-state index in [2.05, 4.69) is 60.7 Å². The number of hydrogen-bond donors (Lipinski definition) is 0. The number of hydrogen-bond acceptors (Lipinski definition) is 8. The maximum absolute atomic E-state index is 6.52. The molecular formula is C55H31N5O3. The summed E-state index contributed by atoms with van der Waals surface area (Å²) in [7, 11) is 0. The average molecular weight is 810 g/mol. The van der Waals surface area contributed by atoms with E-state index in [1.54, 1.807) is 0 Å². The van der Waals surface area contributed by atoms with Crippen molar-refractivity contribution in [3.63, 3.8) is 0 Å². The normalized spacial score (nSPS) is 11.8. The van der Waals surface area contributed by atoms with Crippen molar-refractivity contribution in [2.75, 3.05) is 0 Å². The summed E-state index contributed by atoms with van der Waals surface area (Å²) in [5.41, 5.74) is 11.7. The van der Waals surface area contributed by atoms with Gasteiger partial charge in [-0.3, -0.25) is 0 Å². The molecule has 0 aliphatic carbocycles. The van der Waals surface area contributed by atoms with E-state index in [4.69, 9.17) is 38.2 Å². The first-order valence-electron chi connectivity index (χ1n) is 20.7. The Labute approximate surface area is 358 Å². The summed E-state index contributed by atoms with van der Waals surface area (Å²) in [4.78, 5) is 25.4. The monoisotopic (exact) mass is 809 g/mol. The predicted octanol–water partition coefficient (Wildman–Crippen LogP) is 14.4. The number of benzene rings is 8. The molecule has 0 N–H and O–H groups in total. The molecule has 0 aliphatic rings. The Hall–Kier alpha value is -8.75. The van der Waals surface area contributed by atoms with Gasteiger partial charge in [-0.25, -0.2) is 19.9 Å². The van der Waals surface area contributed by atoms with Crippen LogP contribution in [0.1, 0.15) is 0 Å². The van der Waals surface area contributed by atoms with Crippen LogP contribution in [-0.4, -0.2) is 24.9 Å². The summed E-state index contributed by atoms with van der Waals surface area (Å²) in [6, 6.07) is 63.1. The molecule has 0 bridgehead atoms. The molecule has 0 fully saturated rings. The van der Waals surface area contributed by atoms with Gasteiger partial charge in [-0.05, 0) is 59.7 Å². The molecule has 5 heterocycles. The van der Waals surface area contributed by atoms with Crippen molar-refractivity contribution in [3.8, 4) is 67.9 Å². The smallest absolute Gasteiger partial charge is 0.231 e. The van der Waals surface area contributed by atoms with Crippen molar-refractivity contribution in [2.45, 2.75) is 0 Å². The zero-order valence-corrected chi connectivity index (χ0v) is 33.4. The van der Waals surface area contributed by atoms with Crippen molar-refractivity contribution < 1.29 is 13.3 Å². The van der Waals surface area contributed by atoms with E-state index in [1.165, 1.54) is 0 Å². The molecule has 13 aromatic rings. The van der Waals surface area contributed by atoms with Crippen molar-refractivity contribution in [1.29, 1.82) is 0 Å². The van der Waals surface area contributed by atoms with Crippen LogP contribution >= 0.6 is 0 Å². The highest BCUT2D eigenvalue weighted by Gasteiger charge is 2.21. The molecule has 8 aromatic carbocycles. The van der Waals surface area contributed by atoms with Gasteiger partial charge >= 0.3 is 0 Å². The maximum atomic E-state index is 6.52. The van der Waals surface area contributed by atoms with Crippen LogP contribution < -0.4 is 0 Å². The standard InChI is InChI=1S/C55H31N5O3/c1-4-13-32(14-5-1)50-49-42-30-36(25-28-45(42)63-55(49)60-51(56-50)33-15-6-2-7-16-33)35-24-27-44-41(29-35)48-40(20-12-22-46(48)61-44)54-58-52(34-17-8-3-9-18-34)57-53(59-54)37-23-26-39-38-19-10-11-21-43(38)62-47(39)31-37/h1-31H. The van der Waals surface area contributed by atoms with Crippen LogP contribution in [0, 0.1) is 0 Å². The second-order valence-electron chi connectivity index (χ2n) is 15.6. The quantitative estimate of drug-likeness (QED) is 0.164. The van der Waals surface area contributed by atoms with Crippen LogP contribution in [0.4, 0.5) is 0 Å². The Morgan fingerprint density at radius 1 is 0.270 bits per heavy atom. The van der Waals surface area contributed by atoms with Crippen molar-refractivity contribution >= 4 is 65.9 Å². The highest BCUT2D eigenvalue weighted by molar-refractivity contribution is 6.14. The van der Waals surface area contributed by atoms with Gasteiger partial charge in [0, 0.05) is 54.7 Å². The van der Waals surface area contributed by atoms with E-state index in [9.17, 15) is 0 Å². The molecule has 13 rings (SSSR count). The van der Waals surface area contributed by atoms with E-state index >= 15 is 0 Å². The molecule has 0 unspecified atom stereocenters. The fraction of sp³-hybridized carbons (Fsp3) is 0. The first-order valence-corrected chi connectivity index (χ1v) is 20.7. The predicted molar refractivity (Wildman–Crippen MR) is 250 cm³/mol. The molecule has 8 nitrogen and oxygen atoms in total. The van der Waals surface area contributed by atoms with Gasteiger partial charge in [-0.1, -0.05) is 140 Å². The van der Waals surface area contributed by atoms with E-state index in [1.807, 2.05) is 127 Å². The number of aromatic nitrogens is 5. The molecule has 0 saturated heterocycles. The van der Waals surface area contributed by atoms with E-state index in [0.29, 0.717) is 29.0 Å². The molecule has 0 spiro atoms. The summed E-state index contributed by atoms with van der Waals surface area (Å²) in [5.74, 6) is 2.27. The average Bonchev–Trinajstić information content (AvgIpc) is 4.05. The molecule has 294 valence electrons. The number of furan rings is 3. The van der Waals surface area contributed by atoms with Crippen LogP contribution in [0.25, 0.3) is 134 Å². The summed E-state index contributed by atoms with van der Waals surface area (Å²) in [5, 5.41) is 5.78. The van der Waals surface area contributed by atoms with Crippen LogP contribution in [-0.2, 0) is 0 Å². The number of nitrogens with zero attached hydrogens (tertiary/aromatic N) is 5. The van der Waals surface area contributed by atoms with Gasteiger partial charge < -0.3 is 13.3 Å². The molecule has 5 aromatic heterocycles. The first kappa shape index (κ1) is 35.0. The van der Waals surface area contributed by atoms with Gasteiger partial charge in [-0.2, -0.15) is 4.98 Å². The fourth-order valence-electron chi connectivity index (χ4n) is 8.78. The Kier molecular flexibility index (Phi) is 7.74. The minimum Gasteiger partial charge on any atom is -0.456 e. The van der Waals surface area contributed by atoms with Gasteiger partial charge in [0.25, 0.3) is 0 Å². The van der Waals surface area contributed by atoms with Crippen LogP contribution in [0.3, 0.4) is 0 Å². The van der Waals surface area contributed by atoms with Gasteiger partial charge in [0.15, 0.2) is 23.3 Å². The minimum absolute atomic E-state index is 0.539. The van der Waals surface area contributed by atoms with Gasteiger partial charge in [-0.15, -0.1) is 0 Å². The van der Waals surface area contributed by atoms with Gasteiger partial charge in [0.05, 0.1) is 11.1 Å². The minimum atomic E-state index is 0.539. The van der Waals surface area contributed by atoms with Gasteiger partial charge in [0.1, 0.15) is 27.9 Å². The summed E-state index contributed by atoms with van der Waals surface area (Å²) < 4.78 is 19.3. The van der Waals surface area contributed by atoms with E-state index in [0.717, 1.165) is 105 Å². The zero-order chi connectivity index (χ0) is 41.4. The van der Waals surface area contributed by atoms with Crippen molar-refractivity contribution in [3.05, 3.63) is 188 Å². The summed E-state index contributed by atoms with van der Waals surface area (Å²) in [6.07, 6.45) is 0. The lowest BCUT2D eigenvalue weighted by Gasteiger charge is -2.09. The highest BCUT2D eigenvalue weighted by atomic mass is 16.3. The Balaban J connectivity index is 0.975. The molecule has 0 aliphatic heterocycles. The lowest BCUT2D eigenvalue weighted by atomic mass is 9.98. The Morgan fingerprint density at radius 3 is 1.52 bits per heavy atom. The maximum Gasteiger partial charge on any atom is 0.231 e. The fourth-order valence-corrected chi connectivity index (χ4v) is 8.78. The zero-order valence-electron chi connectivity index (χ0n) is 33.4. The molecule has 0 radical (unpaired) electrons. The topological polar surface area (TPSA) is 104 Å². The molecular weight excluding hydrogens is 779 g/mol. The van der Waals surface area contributed by atoms with Crippen LogP contribution in [0.15, 0.2) is 201 Å². The second kappa shape index (κ2) is 13.9. The van der Waals surface area contributed by atoms with E-state index < -0.39 is 0 Å². The Bertz CT molecular complexity index is 3910. The molecule has 0 atom stereocenters. The van der Waals surface area contributed by atoms with Crippen LogP contribution in [0.2, 0.25) is 0 Å². The van der Waals surface area contributed by atoms with Crippen LogP contribution in [0.5, 0.6) is 0 Å².